The van der Waals surface area contributed by atoms with Crippen LogP contribution in [0.25, 0.3) is 0 Å². The minimum atomic E-state index is -0.885. The Morgan fingerprint density at radius 3 is 2.23 bits per heavy atom. The van der Waals surface area contributed by atoms with Gasteiger partial charge < -0.3 is 28.4 Å². The van der Waals surface area contributed by atoms with Gasteiger partial charge in [-0.05, 0) is 43.9 Å². The lowest BCUT2D eigenvalue weighted by atomic mass is 9.42. The average molecular weight is 495 g/mol. The molecule has 0 aromatic heterocycles. The van der Waals surface area contributed by atoms with E-state index in [4.69, 9.17) is 28.4 Å². The first-order chi connectivity index (χ1) is 16.5. The van der Waals surface area contributed by atoms with Crippen molar-refractivity contribution in [3.05, 3.63) is 0 Å². The lowest BCUT2D eigenvalue weighted by Crippen LogP contribution is -2.72. The van der Waals surface area contributed by atoms with E-state index in [0.717, 1.165) is 19.4 Å². The van der Waals surface area contributed by atoms with Crippen molar-refractivity contribution in [2.45, 2.75) is 96.9 Å². The van der Waals surface area contributed by atoms with E-state index in [1.807, 2.05) is 0 Å². The maximum atomic E-state index is 12.3. The van der Waals surface area contributed by atoms with Gasteiger partial charge in [0.25, 0.3) is 0 Å². The smallest absolute Gasteiger partial charge is 0.303 e. The first kappa shape index (κ1) is 25.0. The van der Waals surface area contributed by atoms with Crippen LogP contribution in [0.15, 0.2) is 0 Å². The summed E-state index contributed by atoms with van der Waals surface area (Å²) < 4.78 is 36.2. The maximum absolute atomic E-state index is 12.3. The van der Waals surface area contributed by atoms with Crippen molar-refractivity contribution in [2.75, 3.05) is 19.8 Å². The monoisotopic (exact) mass is 494 g/mol. The normalized spacial score (nSPS) is 48.1. The molecule has 5 fully saturated rings. The van der Waals surface area contributed by atoms with Crippen LogP contribution in [-0.4, -0.2) is 67.9 Å². The number of hydrogen-bond acceptors (Lipinski definition) is 9. The molecular formula is C26H38O9. The molecule has 2 saturated carbocycles. The Morgan fingerprint density at radius 1 is 0.943 bits per heavy atom. The summed E-state index contributed by atoms with van der Waals surface area (Å²) in [7, 11) is 0. The van der Waals surface area contributed by atoms with Crippen LogP contribution >= 0.6 is 0 Å². The van der Waals surface area contributed by atoms with Crippen LogP contribution in [0.1, 0.15) is 66.7 Å². The van der Waals surface area contributed by atoms with Crippen LogP contribution in [0.5, 0.6) is 0 Å². The van der Waals surface area contributed by atoms with E-state index >= 15 is 0 Å². The Morgan fingerprint density at radius 2 is 1.63 bits per heavy atom. The summed E-state index contributed by atoms with van der Waals surface area (Å²) >= 11 is 0. The van der Waals surface area contributed by atoms with Gasteiger partial charge >= 0.3 is 17.9 Å². The van der Waals surface area contributed by atoms with Gasteiger partial charge in [-0.15, -0.1) is 0 Å². The molecular weight excluding hydrogens is 456 g/mol. The summed E-state index contributed by atoms with van der Waals surface area (Å²) in [6.07, 6.45) is 2.52. The molecule has 0 bridgehead atoms. The quantitative estimate of drug-likeness (QED) is 0.324. The summed E-state index contributed by atoms with van der Waals surface area (Å²) in [4.78, 5) is 36.4. The van der Waals surface area contributed by atoms with Crippen molar-refractivity contribution in [2.24, 2.45) is 28.6 Å². The molecule has 0 unspecified atom stereocenters. The maximum Gasteiger partial charge on any atom is 0.303 e. The van der Waals surface area contributed by atoms with E-state index in [9.17, 15) is 14.4 Å². The summed E-state index contributed by atoms with van der Waals surface area (Å²) in [5, 5.41) is 0. The highest BCUT2D eigenvalue weighted by Crippen LogP contribution is 2.70. The average Bonchev–Trinajstić information content (AvgIpc) is 3.26. The second kappa shape index (κ2) is 8.70. The zero-order chi connectivity index (χ0) is 25.2. The highest BCUT2D eigenvalue weighted by Gasteiger charge is 2.80. The van der Waals surface area contributed by atoms with Crippen LogP contribution < -0.4 is 0 Å². The minimum absolute atomic E-state index is 0.0289. The number of carbonyl (C=O) groups is 3. The molecule has 1 spiro atoms. The van der Waals surface area contributed by atoms with E-state index in [1.165, 1.54) is 20.8 Å². The van der Waals surface area contributed by atoms with Crippen molar-refractivity contribution in [3.8, 4) is 0 Å². The predicted octanol–water partition coefficient (Wildman–Crippen LogP) is 2.78. The van der Waals surface area contributed by atoms with Gasteiger partial charge in [0, 0.05) is 32.1 Å². The minimum Gasteiger partial charge on any atom is -0.465 e. The van der Waals surface area contributed by atoms with Gasteiger partial charge in [-0.2, -0.15) is 0 Å². The van der Waals surface area contributed by atoms with Crippen LogP contribution in [0.2, 0.25) is 0 Å². The molecule has 2 aliphatic carbocycles. The zero-order valence-corrected chi connectivity index (χ0v) is 21.4. The molecule has 196 valence electrons. The van der Waals surface area contributed by atoms with Gasteiger partial charge in [0.05, 0.1) is 24.7 Å². The third kappa shape index (κ3) is 3.72. The molecule has 5 aliphatic rings. The van der Waals surface area contributed by atoms with E-state index in [1.54, 1.807) is 0 Å². The molecule has 3 heterocycles. The molecule has 9 nitrogen and oxygen atoms in total. The topological polar surface area (TPSA) is 110 Å². The first-order valence-electron chi connectivity index (χ1n) is 12.9. The molecule has 0 N–H and O–H groups in total. The van der Waals surface area contributed by atoms with Gasteiger partial charge in [0.15, 0.2) is 6.29 Å². The van der Waals surface area contributed by atoms with Crippen molar-refractivity contribution in [1.82, 2.24) is 0 Å². The Bertz CT molecular complexity index is 872. The van der Waals surface area contributed by atoms with Crippen LogP contribution in [0, 0.1) is 28.6 Å². The van der Waals surface area contributed by atoms with Crippen LogP contribution in [0.4, 0.5) is 0 Å². The predicted molar refractivity (Wildman–Crippen MR) is 121 cm³/mol. The third-order valence-corrected chi connectivity index (χ3v) is 9.85. The SMILES string of the molecule is CC(=O)OC[C@@]12[C@@H](OC(C)=O)C[C@@H](C)[C@](C)([C@@H]3C[C@@H]4CCO[C@H]4O3)[C@H]1CC[C@H](OC(C)=O)[C@]21CO1. The molecule has 0 radical (unpaired) electrons. The Balaban J connectivity index is 1.61. The fourth-order valence-electron chi connectivity index (χ4n) is 8.09. The fraction of sp³-hybridized carbons (Fsp3) is 0.885. The summed E-state index contributed by atoms with van der Waals surface area (Å²) in [5.74, 6) is -0.705. The standard InChI is InChI=1S/C26H38O9/c1-14-10-22(34-17(4)29)25(12-31-15(2)27)19(6-7-20(33-16(3)28)26(25)13-32-26)24(14,5)21-11-18-8-9-30-23(18)35-21/h14,18-23H,6-13H2,1-5H3/t14-,18+,19-,20+,21+,22+,23+,24+,25+,26-/m1/s1. The summed E-state index contributed by atoms with van der Waals surface area (Å²) in [6, 6.07) is 0. The van der Waals surface area contributed by atoms with Gasteiger partial charge in [-0.3, -0.25) is 14.4 Å². The highest BCUT2D eigenvalue weighted by atomic mass is 16.7. The molecule has 5 rings (SSSR count). The summed E-state index contributed by atoms with van der Waals surface area (Å²) in [6.45, 7) is 9.74. The van der Waals surface area contributed by atoms with Gasteiger partial charge in [0.1, 0.15) is 24.4 Å². The third-order valence-electron chi connectivity index (χ3n) is 9.85. The Hall–Kier alpha value is -1.71. The second-order valence-electron chi connectivity index (χ2n) is 11.5. The molecule has 3 aliphatic heterocycles. The number of rotatable bonds is 5. The van der Waals surface area contributed by atoms with Crippen molar-refractivity contribution in [1.29, 1.82) is 0 Å². The van der Waals surface area contributed by atoms with Gasteiger partial charge in [-0.25, -0.2) is 0 Å². The van der Waals surface area contributed by atoms with Gasteiger partial charge in [0.2, 0.25) is 0 Å². The molecule has 0 aromatic rings. The first-order valence-corrected chi connectivity index (χ1v) is 12.9. The van der Waals surface area contributed by atoms with E-state index in [0.29, 0.717) is 31.8 Å². The number of ether oxygens (including phenoxy) is 6. The number of epoxide rings is 1. The van der Waals surface area contributed by atoms with Crippen LogP contribution in [0.3, 0.4) is 0 Å². The van der Waals surface area contributed by atoms with Crippen molar-refractivity contribution < 1.29 is 42.8 Å². The number of esters is 3. The molecule has 0 aromatic carbocycles. The zero-order valence-electron chi connectivity index (χ0n) is 21.4. The molecule has 35 heavy (non-hydrogen) atoms. The van der Waals surface area contributed by atoms with Crippen molar-refractivity contribution >= 4 is 17.9 Å². The second-order valence-corrected chi connectivity index (χ2v) is 11.5. The molecule has 3 saturated heterocycles. The fourth-order valence-corrected chi connectivity index (χ4v) is 8.09. The lowest BCUT2D eigenvalue weighted by Gasteiger charge is -2.64. The number of hydrogen-bond donors (Lipinski definition) is 0. The van der Waals surface area contributed by atoms with Gasteiger partial charge in [-0.1, -0.05) is 13.8 Å². The Labute approximate surface area is 206 Å². The van der Waals surface area contributed by atoms with Crippen LogP contribution in [-0.2, 0) is 42.8 Å². The van der Waals surface area contributed by atoms with E-state index in [-0.39, 0.29) is 42.2 Å². The Kier molecular flexibility index (Phi) is 6.20. The van der Waals surface area contributed by atoms with Crippen molar-refractivity contribution in [3.63, 3.8) is 0 Å². The molecule has 9 heteroatoms. The van der Waals surface area contributed by atoms with E-state index in [2.05, 4.69) is 13.8 Å². The molecule has 0 amide bonds. The van der Waals surface area contributed by atoms with E-state index < -0.39 is 35.2 Å². The highest BCUT2D eigenvalue weighted by molar-refractivity contribution is 5.67. The largest absolute Gasteiger partial charge is 0.465 e. The number of fused-ring (bicyclic) bond motifs is 3. The lowest BCUT2D eigenvalue weighted by molar-refractivity contribution is -0.270. The number of carbonyl (C=O) groups excluding carboxylic acids is 3. The summed E-state index contributed by atoms with van der Waals surface area (Å²) in [5.41, 5.74) is -2.07. The molecule has 10 atom stereocenters.